The molecule has 0 saturated carbocycles. The number of methoxy groups -OCH3 is 2. The highest BCUT2D eigenvalue weighted by Crippen LogP contribution is 2.28. The van der Waals surface area contributed by atoms with Gasteiger partial charge in [-0.05, 0) is 41.8 Å². The third-order valence-electron chi connectivity index (χ3n) is 3.76. The summed E-state index contributed by atoms with van der Waals surface area (Å²) in [6, 6.07) is 12.7. The quantitative estimate of drug-likeness (QED) is 0.738. The maximum absolute atomic E-state index is 12.3. The maximum Gasteiger partial charge on any atom is 0.253 e. The lowest BCUT2D eigenvalue weighted by Gasteiger charge is -2.12. The van der Waals surface area contributed by atoms with Gasteiger partial charge in [0.2, 0.25) is 0 Å². The van der Waals surface area contributed by atoms with Gasteiger partial charge in [-0.3, -0.25) is 4.79 Å². The Kier molecular flexibility index (Phi) is 4.62. The lowest BCUT2D eigenvalue weighted by Crippen LogP contribution is -2.15. The van der Waals surface area contributed by atoms with Crippen LogP contribution < -0.4 is 20.3 Å². The van der Waals surface area contributed by atoms with Crippen molar-refractivity contribution in [2.75, 3.05) is 19.5 Å². The van der Waals surface area contributed by atoms with E-state index in [-0.39, 0.29) is 5.56 Å². The third kappa shape index (κ3) is 3.31. The number of aromatic nitrogens is 1. The van der Waals surface area contributed by atoms with E-state index in [1.807, 2.05) is 18.2 Å². The first-order chi connectivity index (χ1) is 11.6. The molecule has 0 atom stereocenters. The van der Waals surface area contributed by atoms with Crippen molar-refractivity contribution in [3.05, 3.63) is 63.4 Å². The van der Waals surface area contributed by atoms with E-state index in [0.717, 1.165) is 16.6 Å². The van der Waals surface area contributed by atoms with Crippen molar-refractivity contribution in [2.45, 2.75) is 6.54 Å². The highest BCUT2D eigenvalue weighted by molar-refractivity contribution is 6.30. The number of hydrogen-bond donors (Lipinski definition) is 2. The fraction of sp³-hybridized carbons (Fsp3) is 0.167. The Labute approximate surface area is 144 Å². The third-order valence-corrected chi connectivity index (χ3v) is 4.00. The summed E-state index contributed by atoms with van der Waals surface area (Å²) in [5.74, 6) is 1.37. The van der Waals surface area contributed by atoms with Gasteiger partial charge < -0.3 is 19.8 Å². The predicted octanol–water partition coefficient (Wildman–Crippen LogP) is 3.81. The Morgan fingerprint density at radius 1 is 1.08 bits per heavy atom. The van der Waals surface area contributed by atoms with Crippen LogP contribution >= 0.6 is 11.6 Å². The molecule has 0 aliphatic rings. The lowest BCUT2D eigenvalue weighted by atomic mass is 10.1. The molecule has 2 aromatic carbocycles. The van der Waals surface area contributed by atoms with Gasteiger partial charge >= 0.3 is 0 Å². The van der Waals surface area contributed by atoms with Gasteiger partial charge in [-0.15, -0.1) is 0 Å². The Bertz CT molecular complexity index is 937. The molecule has 3 aromatic rings. The molecule has 1 aromatic heterocycles. The predicted molar refractivity (Wildman–Crippen MR) is 96.5 cm³/mol. The minimum absolute atomic E-state index is 0.149. The van der Waals surface area contributed by atoms with Crippen molar-refractivity contribution < 1.29 is 9.47 Å². The molecule has 1 heterocycles. The summed E-state index contributed by atoms with van der Waals surface area (Å²) in [5, 5.41) is 4.73. The number of halogens is 1. The Balaban J connectivity index is 1.89. The smallest absolute Gasteiger partial charge is 0.253 e. The largest absolute Gasteiger partial charge is 0.497 e. The molecule has 3 rings (SSSR count). The van der Waals surface area contributed by atoms with Gasteiger partial charge in [-0.2, -0.15) is 0 Å². The van der Waals surface area contributed by atoms with Gasteiger partial charge in [0.05, 0.1) is 25.4 Å². The van der Waals surface area contributed by atoms with Crippen LogP contribution in [0.5, 0.6) is 11.5 Å². The Morgan fingerprint density at radius 3 is 2.67 bits per heavy atom. The Hall–Kier alpha value is -2.66. The summed E-state index contributed by atoms with van der Waals surface area (Å²) in [7, 11) is 3.18. The van der Waals surface area contributed by atoms with Crippen molar-refractivity contribution in [3.8, 4) is 11.5 Å². The number of rotatable bonds is 5. The van der Waals surface area contributed by atoms with Crippen molar-refractivity contribution in [1.82, 2.24) is 4.98 Å². The second-order valence-corrected chi connectivity index (χ2v) is 5.71. The number of H-pyrrole nitrogens is 1. The van der Waals surface area contributed by atoms with E-state index < -0.39 is 0 Å². The molecule has 2 N–H and O–H groups in total. The number of hydrogen-bond acceptors (Lipinski definition) is 4. The highest BCUT2D eigenvalue weighted by atomic mass is 35.5. The van der Waals surface area contributed by atoms with Gasteiger partial charge in [-0.25, -0.2) is 0 Å². The zero-order valence-corrected chi connectivity index (χ0v) is 14.1. The van der Waals surface area contributed by atoms with Gasteiger partial charge in [-0.1, -0.05) is 11.6 Å². The number of nitrogens with one attached hydrogen (secondary N) is 2. The molecule has 0 unspecified atom stereocenters. The van der Waals surface area contributed by atoms with E-state index in [0.29, 0.717) is 28.6 Å². The molecule has 0 bridgehead atoms. The lowest BCUT2D eigenvalue weighted by molar-refractivity contribution is 0.415. The average Bonchev–Trinajstić information content (AvgIpc) is 2.59. The van der Waals surface area contributed by atoms with Gasteiger partial charge in [0, 0.05) is 23.2 Å². The monoisotopic (exact) mass is 344 g/mol. The SMILES string of the molecule is COc1ccc2cc(CNc3cc(Cl)ccc3OC)c(=O)[nH]c2c1. The van der Waals surface area contributed by atoms with Crippen LogP contribution in [0.2, 0.25) is 5.02 Å². The molecular weight excluding hydrogens is 328 g/mol. The number of aromatic amines is 1. The van der Waals surface area contributed by atoms with Crippen LogP contribution in [0.25, 0.3) is 10.9 Å². The minimum atomic E-state index is -0.149. The van der Waals surface area contributed by atoms with E-state index in [2.05, 4.69) is 10.3 Å². The van der Waals surface area contributed by atoms with Gasteiger partial charge in [0.1, 0.15) is 11.5 Å². The zero-order valence-electron chi connectivity index (χ0n) is 13.4. The summed E-state index contributed by atoms with van der Waals surface area (Å²) >= 11 is 6.02. The Morgan fingerprint density at radius 2 is 1.92 bits per heavy atom. The molecule has 24 heavy (non-hydrogen) atoms. The fourth-order valence-corrected chi connectivity index (χ4v) is 2.66. The van der Waals surface area contributed by atoms with Crippen LogP contribution in [0.1, 0.15) is 5.56 Å². The molecule has 6 heteroatoms. The summed E-state index contributed by atoms with van der Waals surface area (Å²) in [5.41, 5.74) is 1.95. The molecule has 0 fully saturated rings. The number of benzene rings is 2. The molecule has 0 spiro atoms. The van der Waals surface area contributed by atoms with Crippen LogP contribution in [0.15, 0.2) is 47.3 Å². The summed E-state index contributed by atoms with van der Waals surface area (Å²) in [6.07, 6.45) is 0. The van der Waals surface area contributed by atoms with Crippen LogP contribution in [-0.2, 0) is 6.54 Å². The highest BCUT2D eigenvalue weighted by Gasteiger charge is 2.07. The topological polar surface area (TPSA) is 63.4 Å². The van der Waals surface area contributed by atoms with E-state index in [9.17, 15) is 4.79 Å². The van der Waals surface area contributed by atoms with Crippen molar-refractivity contribution in [3.63, 3.8) is 0 Å². The van der Waals surface area contributed by atoms with Crippen LogP contribution in [0.3, 0.4) is 0 Å². The first-order valence-electron chi connectivity index (χ1n) is 7.38. The van der Waals surface area contributed by atoms with E-state index >= 15 is 0 Å². The zero-order chi connectivity index (χ0) is 17.1. The maximum atomic E-state index is 12.3. The molecule has 0 aliphatic carbocycles. The van der Waals surface area contributed by atoms with Crippen molar-refractivity contribution in [2.24, 2.45) is 0 Å². The minimum Gasteiger partial charge on any atom is -0.497 e. The standard InChI is InChI=1S/C18H17ClN2O3/c1-23-14-5-3-11-7-12(18(22)21-15(11)9-14)10-20-16-8-13(19)4-6-17(16)24-2/h3-9,20H,10H2,1-2H3,(H,21,22). The first kappa shape index (κ1) is 16.2. The van der Waals surface area contributed by atoms with Gasteiger partial charge in [0.15, 0.2) is 0 Å². The molecule has 0 amide bonds. The number of pyridine rings is 1. The van der Waals surface area contributed by atoms with Crippen LogP contribution in [0, 0.1) is 0 Å². The molecule has 5 nitrogen and oxygen atoms in total. The molecular formula is C18H17ClN2O3. The van der Waals surface area contributed by atoms with Crippen molar-refractivity contribution in [1.29, 1.82) is 0 Å². The summed E-state index contributed by atoms with van der Waals surface area (Å²) in [6.45, 7) is 0.355. The van der Waals surface area contributed by atoms with Crippen molar-refractivity contribution >= 4 is 28.2 Å². The second-order valence-electron chi connectivity index (χ2n) is 5.28. The van der Waals surface area contributed by atoms with E-state index in [1.165, 1.54) is 0 Å². The fourth-order valence-electron chi connectivity index (χ4n) is 2.49. The van der Waals surface area contributed by atoms with E-state index in [4.69, 9.17) is 21.1 Å². The number of anilines is 1. The summed E-state index contributed by atoms with van der Waals surface area (Å²) in [4.78, 5) is 15.2. The summed E-state index contributed by atoms with van der Waals surface area (Å²) < 4.78 is 10.5. The number of fused-ring (bicyclic) bond motifs is 1. The average molecular weight is 345 g/mol. The molecule has 0 saturated heterocycles. The molecule has 0 radical (unpaired) electrons. The van der Waals surface area contributed by atoms with Crippen LogP contribution in [-0.4, -0.2) is 19.2 Å². The van der Waals surface area contributed by atoms with E-state index in [1.54, 1.807) is 38.5 Å². The number of ether oxygens (including phenoxy) is 2. The van der Waals surface area contributed by atoms with Crippen LogP contribution in [0.4, 0.5) is 5.69 Å². The molecule has 0 aliphatic heterocycles. The van der Waals surface area contributed by atoms with Gasteiger partial charge in [0.25, 0.3) is 5.56 Å². The molecule has 124 valence electrons. The second kappa shape index (κ2) is 6.84. The first-order valence-corrected chi connectivity index (χ1v) is 7.76. The normalized spacial score (nSPS) is 10.6.